The minimum atomic E-state index is -0.458. The van der Waals surface area contributed by atoms with Crippen LogP contribution in [0.3, 0.4) is 0 Å². The van der Waals surface area contributed by atoms with Crippen LogP contribution in [-0.2, 0) is 4.79 Å². The maximum absolute atomic E-state index is 12.7. The molecule has 0 unspecified atom stereocenters. The Labute approximate surface area is 205 Å². The molecule has 2 aliphatic heterocycles. The topological polar surface area (TPSA) is 94.9 Å². The molecule has 0 saturated carbocycles. The number of carbonyl (C=O) groups excluding carboxylic acids is 1. The first-order valence-corrected chi connectivity index (χ1v) is 11.7. The second-order valence-corrected chi connectivity index (χ2v) is 8.95. The molecule has 3 heterocycles. The minimum Gasteiger partial charge on any atom is -0.369 e. The van der Waals surface area contributed by atoms with Gasteiger partial charge < -0.3 is 15.1 Å². The molecule has 184 valence electrons. The highest BCUT2D eigenvalue weighted by Crippen LogP contribution is 2.20. The van der Waals surface area contributed by atoms with Crippen molar-refractivity contribution >= 4 is 34.7 Å². The molecule has 0 atom stereocenters. The van der Waals surface area contributed by atoms with Gasteiger partial charge in [-0.3, -0.25) is 19.8 Å². The second kappa shape index (κ2) is 12.0. The molecule has 2 aromatic rings. The van der Waals surface area contributed by atoms with Gasteiger partial charge in [-0.05, 0) is 43.2 Å². The minimum absolute atomic E-state index is 0. The molecule has 1 aromatic heterocycles. The van der Waals surface area contributed by atoms with Crippen LogP contribution < -0.4 is 10.2 Å². The van der Waals surface area contributed by atoms with E-state index in [0.717, 1.165) is 50.6 Å². The van der Waals surface area contributed by atoms with Gasteiger partial charge in [-0.15, -0.1) is 0 Å². The Kier molecular flexibility index (Phi) is 9.06. The lowest BCUT2D eigenvalue weighted by Crippen LogP contribution is -2.48. The summed E-state index contributed by atoms with van der Waals surface area (Å²) in [4.78, 5) is 33.8. The third-order valence-electron chi connectivity index (χ3n) is 6.36. The van der Waals surface area contributed by atoms with Crippen LogP contribution in [0.25, 0.3) is 0 Å². The Morgan fingerprint density at radius 3 is 2.32 bits per heavy atom. The van der Waals surface area contributed by atoms with Crippen molar-refractivity contribution in [2.45, 2.75) is 32.7 Å². The summed E-state index contributed by atoms with van der Waals surface area (Å²) in [6, 6.07) is 11.2. The van der Waals surface area contributed by atoms with Crippen LogP contribution in [0, 0.1) is 10.1 Å². The molecule has 10 heteroatoms. The van der Waals surface area contributed by atoms with Gasteiger partial charge in [-0.2, -0.15) is 0 Å². The predicted molar refractivity (Wildman–Crippen MR) is 136 cm³/mol. The number of nitro groups is 1. The SMILES string of the molecule is C.O=C(CCN1CCN(c2ccc(Cl)cc2)CC1)N1CCC(Nc2ccc([N+](=O)[O-])cn2)CC1. The summed E-state index contributed by atoms with van der Waals surface area (Å²) in [5.41, 5.74) is 1.17. The standard InChI is InChI=1S/C23H29ClN6O3.CH4/c24-18-1-3-20(4-2-18)28-15-13-27(14-16-28)10-9-23(31)29-11-7-19(8-12-29)26-22-6-5-21(17-25-22)30(32)33;/h1-6,17,19H,7-16H2,(H,25,26);1H4. The Morgan fingerprint density at radius 1 is 1.06 bits per heavy atom. The lowest BCUT2D eigenvalue weighted by atomic mass is 10.0. The van der Waals surface area contributed by atoms with Crippen LogP contribution in [0.2, 0.25) is 5.02 Å². The van der Waals surface area contributed by atoms with Gasteiger partial charge in [0.05, 0.1) is 4.92 Å². The molecule has 0 spiro atoms. The molecule has 1 aromatic carbocycles. The first kappa shape index (κ1) is 25.7. The molecule has 1 N–H and O–H groups in total. The van der Waals surface area contributed by atoms with Crippen molar-refractivity contribution in [2.24, 2.45) is 0 Å². The molecule has 4 rings (SSSR count). The average molecular weight is 489 g/mol. The highest BCUT2D eigenvalue weighted by Gasteiger charge is 2.24. The normalized spacial score (nSPS) is 17.2. The Balaban J connectivity index is 0.00000324. The van der Waals surface area contributed by atoms with E-state index in [2.05, 4.69) is 32.2 Å². The number of benzene rings is 1. The van der Waals surface area contributed by atoms with Gasteiger partial charge in [-0.25, -0.2) is 4.98 Å². The predicted octanol–water partition coefficient (Wildman–Crippen LogP) is 3.89. The van der Waals surface area contributed by atoms with E-state index < -0.39 is 4.92 Å². The summed E-state index contributed by atoms with van der Waals surface area (Å²) in [5.74, 6) is 0.838. The number of piperazine rings is 1. The van der Waals surface area contributed by atoms with Crippen molar-refractivity contribution in [1.82, 2.24) is 14.8 Å². The van der Waals surface area contributed by atoms with Crippen molar-refractivity contribution in [2.75, 3.05) is 56.0 Å². The third kappa shape index (κ3) is 6.80. The number of pyridine rings is 1. The first-order valence-electron chi connectivity index (χ1n) is 11.4. The summed E-state index contributed by atoms with van der Waals surface area (Å²) >= 11 is 5.98. The first-order chi connectivity index (χ1) is 16.0. The van der Waals surface area contributed by atoms with Crippen LogP contribution >= 0.6 is 11.6 Å². The van der Waals surface area contributed by atoms with Gasteiger partial charge in [0.15, 0.2) is 0 Å². The number of amides is 1. The van der Waals surface area contributed by atoms with Crippen LogP contribution in [0.4, 0.5) is 17.2 Å². The number of hydrogen-bond acceptors (Lipinski definition) is 7. The molecule has 2 fully saturated rings. The number of anilines is 2. The van der Waals surface area contributed by atoms with E-state index in [1.165, 1.54) is 18.0 Å². The summed E-state index contributed by atoms with van der Waals surface area (Å²) in [6.45, 7) is 6.02. The van der Waals surface area contributed by atoms with Crippen LogP contribution in [-0.4, -0.2) is 77.5 Å². The molecular formula is C24H33ClN6O3. The molecule has 34 heavy (non-hydrogen) atoms. The Bertz CT molecular complexity index is 940. The largest absolute Gasteiger partial charge is 0.369 e. The lowest BCUT2D eigenvalue weighted by molar-refractivity contribution is -0.385. The van der Waals surface area contributed by atoms with Crippen molar-refractivity contribution in [1.29, 1.82) is 0 Å². The molecule has 0 bridgehead atoms. The van der Waals surface area contributed by atoms with Crippen LogP contribution in [0.1, 0.15) is 26.7 Å². The molecular weight excluding hydrogens is 456 g/mol. The van der Waals surface area contributed by atoms with E-state index in [9.17, 15) is 14.9 Å². The number of nitrogens with zero attached hydrogens (tertiary/aromatic N) is 5. The number of likely N-dealkylation sites (tertiary alicyclic amines) is 1. The quantitative estimate of drug-likeness (QED) is 0.466. The van der Waals surface area contributed by atoms with E-state index in [1.54, 1.807) is 6.07 Å². The second-order valence-electron chi connectivity index (χ2n) is 8.51. The zero-order valence-electron chi connectivity index (χ0n) is 18.5. The fraction of sp³-hybridized carbons (Fsp3) is 0.500. The number of aromatic nitrogens is 1. The smallest absolute Gasteiger partial charge is 0.287 e. The number of nitrogens with one attached hydrogen (secondary N) is 1. The van der Waals surface area contributed by atoms with E-state index in [4.69, 9.17) is 11.6 Å². The number of rotatable bonds is 7. The van der Waals surface area contributed by atoms with Crippen LogP contribution in [0.15, 0.2) is 42.6 Å². The third-order valence-corrected chi connectivity index (χ3v) is 6.62. The molecule has 2 aliphatic rings. The monoisotopic (exact) mass is 488 g/mol. The van der Waals surface area contributed by atoms with Crippen LogP contribution in [0.5, 0.6) is 0 Å². The van der Waals surface area contributed by atoms with Gasteiger partial charge in [0.1, 0.15) is 12.0 Å². The average Bonchev–Trinajstić information content (AvgIpc) is 2.84. The van der Waals surface area contributed by atoms with Crippen molar-refractivity contribution in [3.8, 4) is 0 Å². The molecule has 1 amide bonds. The van der Waals surface area contributed by atoms with E-state index in [0.29, 0.717) is 25.3 Å². The highest BCUT2D eigenvalue weighted by atomic mass is 35.5. The zero-order chi connectivity index (χ0) is 23.2. The number of hydrogen-bond donors (Lipinski definition) is 1. The summed E-state index contributed by atoms with van der Waals surface area (Å²) in [6.07, 6.45) is 3.48. The van der Waals surface area contributed by atoms with Gasteiger partial charge in [0.25, 0.3) is 5.69 Å². The number of halogens is 1. The van der Waals surface area contributed by atoms with E-state index in [-0.39, 0.29) is 25.1 Å². The Morgan fingerprint density at radius 2 is 1.74 bits per heavy atom. The van der Waals surface area contributed by atoms with E-state index >= 15 is 0 Å². The summed E-state index contributed by atoms with van der Waals surface area (Å²) < 4.78 is 0. The van der Waals surface area contributed by atoms with Gasteiger partial charge in [-0.1, -0.05) is 19.0 Å². The van der Waals surface area contributed by atoms with E-state index in [1.807, 2.05) is 17.0 Å². The van der Waals surface area contributed by atoms with Crippen molar-refractivity contribution in [3.63, 3.8) is 0 Å². The number of piperidine rings is 1. The summed E-state index contributed by atoms with van der Waals surface area (Å²) in [5, 5.41) is 14.8. The fourth-order valence-corrected chi connectivity index (χ4v) is 4.48. The lowest BCUT2D eigenvalue weighted by Gasteiger charge is -2.37. The number of carbonyl (C=O) groups is 1. The molecule has 0 aliphatic carbocycles. The molecule has 0 radical (unpaired) electrons. The van der Waals surface area contributed by atoms with Gasteiger partial charge in [0.2, 0.25) is 5.91 Å². The van der Waals surface area contributed by atoms with Gasteiger partial charge in [0, 0.05) is 75.1 Å². The maximum atomic E-state index is 12.7. The van der Waals surface area contributed by atoms with Crippen molar-refractivity contribution in [3.05, 3.63) is 57.7 Å². The zero-order valence-corrected chi connectivity index (χ0v) is 19.3. The maximum Gasteiger partial charge on any atom is 0.287 e. The molecule has 2 saturated heterocycles. The fourth-order valence-electron chi connectivity index (χ4n) is 4.36. The van der Waals surface area contributed by atoms with Crippen molar-refractivity contribution < 1.29 is 9.72 Å². The molecule has 9 nitrogen and oxygen atoms in total. The Hall–Kier alpha value is -2.91. The highest BCUT2D eigenvalue weighted by molar-refractivity contribution is 6.30. The summed E-state index contributed by atoms with van der Waals surface area (Å²) in [7, 11) is 0. The van der Waals surface area contributed by atoms with Gasteiger partial charge >= 0.3 is 0 Å².